The van der Waals surface area contributed by atoms with Crippen LogP contribution in [0.5, 0.6) is 0 Å². The van der Waals surface area contributed by atoms with Crippen LogP contribution in [-0.2, 0) is 12.7 Å². The lowest BCUT2D eigenvalue weighted by atomic mass is 10.1. The standard InChI is InChI=1S/C19H16F3N5S/c1-12(17-26-25-16-4-2-3-9-27(16)17)23-10-15-11-28-18(24-15)13-5-7-14(8-6-13)19(20,21)22/h2-9,11-12,23H,10H2,1H3. The first-order valence-electron chi connectivity index (χ1n) is 8.57. The van der Waals surface area contributed by atoms with Crippen molar-refractivity contribution < 1.29 is 13.2 Å². The highest BCUT2D eigenvalue weighted by Gasteiger charge is 2.30. The third kappa shape index (κ3) is 3.76. The summed E-state index contributed by atoms with van der Waals surface area (Å²) < 4.78 is 40.0. The molecule has 0 bridgehead atoms. The van der Waals surface area contributed by atoms with E-state index in [1.165, 1.54) is 23.5 Å². The average Bonchev–Trinajstić information content (AvgIpc) is 3.33. The van der Waals surface area contributed by atoms with Gasteiger partial charge in [-0.05, 0) is 31.2 Å². The smallest absolute Gasteiger partial charge is 0.302 e. The van der Waals surface area contributed by atoms with E-state index < -0.39 is 11.7 Å². The minimum Gasteiger partial charge on any atom is -0.302 e. The van der Waals surface area contributed by atoms with Crippen molar-refractivity contribution in [2.45, 2.75) is 25.7 Å². The van der Waals surface area contributed by atoms with Gasteiger partial charge in [0, 0.05) is 23.7 Å². The van der Waals surface area contributed by atoms with Crippen LogP contribution in [0.25, 0.3) is 16.2 Å². The predicted octanol–water partition coefficient (Wildman–Crippen LogP) is 4.72. The van der Waals surface area contributed by atoms with Gasteiger partial charge in [0.15, 0.2) is 11.5 Å². The molecule has 1 N–H and O–H groups in total. The molecule has 0 aliphatic heterocycles. The highest BCUT2D eigenvalue weighted by Crippen LogP contribution is 2.31. The van der Waals surface area contributed by atoms with Crippen molar-refractivity contribution in [1.82, 2.24) is 24.9 Å². The number of benzene rings is 1. The Morgan fingerprint density at radius 3 is 2.64 bits per heavy atom. The maximum absolute atomic E-state index is 12.7. The van der Waals surface area contributed by atoms with Crippen LogP contribution >= 0.6 is 11.3 Å². The van der Waals surface area contributed by atoms with Crippen molar-refractivity contribution in [3.8, 4) is 10.6 Å². The highest BCUT2D eigenvalue weighted by molar-refractivity contribution is 7.13. The molecule has 0 spiro atoms. The average molecular weight is 403 g/mol. The number of nitrogens with one attached hydrogen (secondary N) is 1. The Labute approximate surface area is 162 Å². The summed E-state index contributed by atoms with van der Waals surface area (Å²) in [6.45, 7) is 2.51. The molecule has 1 atom stereocenters. The normalized spacial score (nSPS) is 13.1. The largest absolute Gasteiger partial charge is 0.416 e. The SMILES string of the molecule is CC(NCc1csc(-c2ccc(C(F)(F)F)cc2)n1)c1nnc2ccccn12. The summed E-state index contributed by atoms with van der Waals surface area (Å²) in [5.41, 5.74) is 1.61. The molecule has 0 amide bonds. The van der Waals surface area contributed by atoms with Crippen molar-refractivity contribution in [2.75, 3.05) is 0 Å². The molecule has 4 aromatic rings. The summed E-state index contributed by atoms with van der Waals surface area (Å²) in [7, 11) is 0. The van der Waals surface area contributed by atoms with Gasteiger partial charge in [-0.25, -0.2) is 4.98 Å². The molecule has 3 heterocycles. The van der Waals surface area contributed by atoms with E-state index in [9.17, 15) is 13.2 Å². The Bertz CT molecular complexity index is 1080. The first-order chi connectivity index (χ1) is 13.4. The molecule has 0 radical (unpaired) electrons. The molecule has 9 heteroatoms. The number of pyridine rings is 1. The second kappa shape index (κ2) is 7.33. The summed E-state index contributed by atoms with van der Waals surface area (Å²) in [6.07, 6.45) is -2.42. The van der Waals surface area contributed by atoms with Crippen LogP contribution in [0.4, 0.5) is 13.2 Å². The number of thiazole rings is 1. The molecule has 1 aromatic carbocycles. The van der Waals surface area contributed by atoms with Crippen LogP contribution in [-0.4, -0.2) is 19.6 Å². The zero-order valence-corrected chi connectivity index (χ0v) is 15.6. The maximum Gasteiger partial charge on any atom is 0.416 e. The van der Waals surface area contributed by atoms with E-state index >= 15 is 0 Å². The quantitative estimate of drug-likeness (QED) is 0.524. The zero-order chi connectivity index (χ0) is 19.7. The lowest BCUT2D eigenvalue weighted by molar-refractivity contribution is -0.137. The molecular formula is C19H16F3N5S. The molecular weight excluding hydrogens is 387 g/mol. The lowest BCUT2D eigenvalue weighted by Gasteiger charge is -2.11. The zero-order valence-electron chi connectivity index (χ0n) is 14.8. The fourth-order valence-electron chi connectivity index (χ4n) is 2.83. The van der Waals surface area contributed by atoms with Crippen LogP contribution in [0.15, 0.2) is 54.0 Å². The van der Waals surface area contributed by atoms with Crippen LogP contribution < -0.4 is 5.32 Å². The predicted molar refractivity (Wildman–Crippen MR) is 101 cm³/mol. The number of rotatable bonds is 5. The number of hydrogen-bond donors (Lipinski definition) is 1. The molecule has 1 unspecified atom stereocenters. The summed E-state index contributed by atoms with van der Waals surface area (Å²) in [4.78, 5) is 4.52. The van der Waals surface area contributed by atoms with Crippen LogP contribution in [0, 0.1) is 0 Å². The fourth-order valence-corrected chi connectivity index (χ4v) is 3.65. The molecule has 0 saturated carbocycles. The Morgan fingerprint density at radius 2 is 1.89 bits per heavy atom. The molecule has 144 valence electrons. The Hall–Kier alpha value is -2.78. The first kappa shape index (κ1) is 18.6. The van der Waals surface area contributed by atoms with E-state index in [0.29, 0.717) is 17.1 Å². The summed E-state index contributed by atoms with van der Waals surface area (Å²) in [5.74, 6) is 0.800. The summed E-state index contributed by atoms with van der Waals surface area (Å²) >= 11 is 1.40. The topological polar surface area (TPSA) is 55.1 Å². The van der Waals surface area contributed by atoms with Gasteiger partial charge in [-0.1, -0.05) is 18.2 Å². The monoisotopic (exact) mass is 403 g/mol. The lowest BCUT2D eigenvalue weighted by Crippen LogP contribution is -2.20. The van der Waals surface area contributed by atoms with E-state index in [1.54, 1.807) is 0 Å². The van der Waals surface area contributed by atoms with Crippen molar-refractivity contribution >= 4 is 17.0 Å². The minimum absolute atomic E-state index is 0.0476. The molecule has 5 nitrogen and oxygen atoms in total. The van der Waals surface area contributed by atoms with Gasteiger partial charge in [0.1, 0.15) is 5.01 Å². The molecule has 3 aromatic heterocycles. The number of hydrogen-bond acceptors (Lipinski definition) is 5. The van der Waals surface area contributed by atoms with Gasteiger partial charge in [-0.15, -0.1) is 21.5 Å². The molecule has 0 aliphatic rings. The van der Waals surface area contributed by atoms with Crippen molar-refractivity contribution in [2.24, 2.45) is 0 Å². The van der Waals surface area contributed by atoms with E-state index in [4.69, 9.17) is 0 Å². The van der Waals surface area contributed by atoms with Gasteiger partial charge >= 0.3 is 6.18 Å². The molecule has 4 rings (SSSR count). The van der Waals surface area contributed by atoms with Crippen molar-refractivity contribution in [3.63, 3.8) is 0 Å². The molecule has 0 fully saturated rings. The van der Waals surface area contributed by atoms with E-state index in [1.807, 2.05) is 41.1 Å². The van der Waals surface area contributed by atoms with Gasteiger partial charge in [0.25, 0.3) is 0 Å². The third-order valence-electron chi connectivity index (χ3n) is 4.33. The van der Waals surface area contributed by atoms with E-state index in [-0.39, 0.29) is 6.04 Å². The second-order valence-electron chi connectivity index (χ2n) is 6.31. The fraction of sp³-hybridized carbons (Fsp3) is 0.211. The first-order valence-corrected chi connectivity index (χ1v) is 9.45. The second-order valence-corrected chi connectivity index (χ2v) is 7.17. The maximum atomic E-state index is 12.7. The summed E-state index contributed by atoms with van der Waals surface area (Å²) in [5, 5.41) is 14.3. The Kier molecular flexibility index (Phi) is 4.86. The highest BCUT2D eigenvalue weighted by atomic mass is 32.1. The van der Waals surface area contributed by atoms with E-state index in [2.05, 4.69) is 20.5 Å². The Balaban J connectivity index is 1.43. The molecule has 28 heavy (non-hydrogen) atoms. The number of aromatic nitrogens is 4. The van der Waals surface area contributed by atoms with Gasteiger partial charge in [-0.2, -0.15) is 13.2 Å². The van der Waals surface area contributed by atoms with Gasteiger partial charge < -0.3 is 5.32 Å². The number of alkyl halides is 3. The van der Waals surface area contributed by atoms with Gasteiger partial charge in [0.2, 0.25) is 0 Å². The number of fused-ring (bicyclic) bond motifs is 1. The number of halogens is 3. The van der Waals surface area contributed by atoms with Gasteiger partial charge in [-0.3, -0.25) is 4.40 Å². The molecule has 0 aliphatic carbocycles. The number of nitrogens with zero attached hydrogens (tertiary/aromatic N) is 4. The minimum atomic E-state index is -4.33. The van der Waals surface area contributed by atoms with Crippen LogP contribution in [0.2, 0.25) is 0 Å². The van der Waals surface area contributed by atoms with Crippen LogP contribution in [0.1, 0.15) is 30.0 Å². The van der Waals surface area contributed by atoms with Crippen LogP contribution in [0.3, 0.4) is 0 Å². The molecule has 0 saturated heterocycles. The van der Waals surface area contributed by atoms with E-state index in [0.717, 1.165) is 29.3 Å². The van der Waals surface area contributed by atoms with Gasteiger partial charge in [0.05, 0.1) is 17.3 Å². The van der Waals surface area contributed by atoms with Crippen molar-refractivity contribution in [3.05, 3.63) is 71.1 Å². The Morgan fingerprint density at radius 1 is 1.11 bits per heavy atom. The van der Waals surface area contributed by atoms with Crippen molar-refractivity contribution in [1.29, 1.82) is 0 Å². The third-order valence-corrected chi connectivity index (χ3v) is 5.27. The summed E-state index contributed by atoms with van der Waals surface area (Å²) in [6, 6.07) is 10.7.